The van der Waals surface area contributed by atoms with Crippen LogP contribution in [0.4, 0.5) is 5.69 Å². The van der Waals surface area contributed by atoms with Gasteiger partial charge in [0.1, 0.15) is 5.69 Å². The molecule has 0 saturated heterocycles. The summed E-state index contributed by atoms with van der Waals surface area (Å²) < 4.78 is 1.95. The molecule has 0 aliphatic carbocycles. The molecule has 4 heteroatoms. The predicted molar refractivity (Wildman–Crippen MR) is 84.7 cm³/mol. The number of thiophene rings is 1. The predicted octanol–water partition coefficient (Wildman–Crippen LogP) is 3.83. The van der Waals surface area contributed by atoms with Crippen molar-refractivity contribution in [1.29, 1.82) is 0 Å². The lowest BCUT2D eigenvalue weighted by molar-refractivity contribution is 0.580. The Morgan fingerprint density at radius 3 is 2.75 bits per heavy atom. The summed E-state index contributed by atoms with van der Waals surface area (Å²) in [6, 6.07) is 12.6. The summed E-state index contributed by atoms with van der Waals surface area (Å²) in [5.74, 6) is 0. The van der Waals surface area contributed by atoms with Gasteiger partial charge in [0, 0.05) is 23.7 Å². The molecular formula is C16H17N3S. The molecule has 0 bridgehead atoms. The number of aromatic nitrogens is 2. The zero-order valence-corrected chi connectivity index (χ0v) is 12.0. The molecule has 20 heavy (non-hydrogen) atoms. The van der Waals surface area contributed by atoms with Gasteiger partial charge < -0.3 is 5.73 Å². The molecule has 2 heterocycles. The number of nitrogens with two attached hydrogens (primary N) is 1. The second-order valence-electron chi connectivity index (χ2n) is 4.80. The van der Waals surface area contributed by atoms with Crippen LogP contribution in [0, 0.1) is 0 Å². The number of rotatable bonds is 5. The fourth-order valence-electron chi connectivity index (χ4n) is 2.26. The first-order valence-electron chi connectivity index (χ1n) is 6.72. The first-order chi connectivity index (χ1) is 9.83. The number of benzene rings is 1. The van der Waals surface area contributed by atoms with Crippen LogP contribution < -0.4 is 5.73 Å². The normalized spacial score (nSPS) is 10.8. The molecule has 0 aliphatic heterocycles. The Hall–Kier alpha value is -2.07. The minimum absolute atomic E-state index is 0.753. The lowest BCUT2D eigenvalue weighted by Gasteiger charge is -2.02. The molecule has 1 aromatic carbocycles. The SMILES string of the molecule is Nc1cn(CCCc2ccccc2)nc1-c1ccsc1. The number of nitrogen functional groups attached to an aromatic ring is 1. The van der Waals surface area contributed by atoms with Crippen molar-refractivity contribution in [1.82, 2.24) is 9.78 Å². The van der Waals surface area contributed by atoms with Crippen LogP contribution in [0.15, 0.2) is 53.4 Å². The molecule has 0 fully saturated rings. The van der Waals surface area contributed by atoms with E-state index in [4.69, 9.17) is 5.73 Å². The molecule has 3 rings (SSSR count). The average molecular weight is 283 g/mol. The van der Waals surface area contributed by atoms with Crippen LogP contribution in [0.2, 0.25) is 0 Å². The highest BCUT2D eigenvalue weighted by Gasteiger charge is 2.08. The Morgan fingerprint density at radius 1 is 1.15 bits per heavy atom. The van der Waals surface area contributed by atoms with Crippen molar-refractivity contribution in [3.63, 3.8) is 0 Å². The second-order valence-corrected chi connectivity index (χ2v) is 5.58. The van der Waals surface area contributed by atoms with E-state index in [2.05, 4.69) is 40.8 Å². The molecule has 0 spiro atoms. The quantitative estimate of drug-likeness (QED) is 0.773. The van der Waals surface area contributed by atoms with Crippen LogP contribution >= 0.6 is 11.3 Å². The zero-order valence-electron chi connectivity index (χ0n) is 11.2. The maximum atomic E-state index is 6.04. The molecule has 0 unspecified atom stereocenters. The number of hydrogen-bond acceptors (Lipinski definition) is 3. The smallest absolute Gasteiger partial charge is 0.116 e. The van der Waals surface area contributed by atoms with Crippen molar-refractivity contribution < 1.29 is 0 Å². The van der Waals surface area contributed by atoms with E-state index in [0.29, 0.717) is 0 Å². The van der Waals surface area contributed by atoms with Crippen molar-refractivity contribution >= 4 is 17.0 Å². The van der Waals surface area contributed by atoms with E-state index in [-0.39, 0.29) is 0 Å². The third-order valence-corrected chi connectivity index (χ3v) is 3.96. The Kier molecular flexibility index (Phi) is 3.83. The highest BCUT2D eigenvalue weighted by Crippen LogP contribution is 2.25. The molecule has 0 atom stereocenters. The Bertz CT molecular complexity index is 656. The van der Waals surface area contributed by atoms with Gasteiger partial charge in [0.15, 0.2) is 0 Å². The first kappa shape index (κ1) is 12.9. The van der Waals surface area contributed by atoms with Crippen LogP contribution in [0.25, 0.3) is 11.3 Å². The Labute approximate surface area is 122 Å². The van der Waals surface area contributed by atoms with Gasteiger partial charge in [0.2, 0.25) is 0 Å². The third kappa shape index (κ3) is 2.91. The van der Waals surface area contributed by atoms with Gasteiger partial charge in [-0.25, -0.2) is 0 Å². The van der Waals surface area contributed by atoms with E-state index < -0.39 is 0 Å². The van der Waals surface area contributed by atoms with Crippen molar-refractivity contribution in [2.24, 2.45) is 0 Å². The molecule has 0 aliphatic rings. The number of nitrogens with zero attached hydrogens (tertiary/aromatic N) is 2. The van der Waals surface area contributed by atoms with Crippen LogP contribution in [-0.4, -0.2) is 9.78 Å². The van der Waals surface area contributed by atoms with Crippen LogP contribution in [0.1, 0.15) is 12.0 Å². The molecule has 0 radical (unpaired) electrons. The van der Waals surface area contributed by atoms with E-state index in [1.54, 1.807) is 11.3 Å². The first-order valence-corrected chi connectivity index (χ1v) is 7.66. The molecule has 3 nitrogen and oxygen atoms in total. The largest absolute Gasteiger partial charge is 0.396 e. The van der Waals surface area contributed by atoms with Crippen molar-refractivity contribution in [2.45, 2.75) is 19.4 Å². The molecular weight excluding hydrogens is 266 g/mol. The van der Waals surface area contributed by atoms with Crippen LogP contribution in [0.3, 0.4) is 0 Å². The Balaban J connectivity index is 1.63. The van der Waals surface area contributed by atoms with Gasteiger partial charge in [-0.3, -0.25) is 4.68 Å². The van der Waals surface area contributed by atoms with Crippen LogP contribution in [0.5, 0.6) is 0 Å². The molecule has 0 amide bonds. The summed E-state index contributed by atoms with van der Waals surface area (Å²) in [6.07, 6.45) is 4.06. The van der Waals surface area contributed by atoms with Gasteiger partial charge in [-0.1, -0.05) is 30.3 Å². The number of hydrogen-bond donors (Lipinski definition) is 1. The van der Waals surface area contributed by atoms with Gasteiger partial charge >= 0.3 is 0 Å². The zero-order chi connectivity index (χ0) is 13.8. The van der Waals surface area contributed by atoms with E-state index in [9.17, 15) is 0 Å². The van der Waals surface area contributed by atoms with Gasteiger partial charge in [0.05, 0.1) is 5.69 Å². The minimum Gasteiger partial charge on any atom is -0.396 e. The molecule has 2 N–H and O–H groups in total. The maximum Gasteiger partial charge on any atom is 0.116 e. The highest BCUT2D eigenvalue weighted by atomic mass is 32.1. The molecule has 102 valence electrons. The van der Waals surface area contributed by atoms with E-state index >= 15 is 0 Å². The number of aryl methyl sites for hydroxylation is 2. The highest BCUT2D eigenvalue weighted by molar-refractivity contribution is 7.08. The van der Waals surface area contributed by atoms with E-state index in [0.717, 1.165) is 36.3 Å². The van der Waals surface area contributed by atoms with E-state index in [1.807, 2.05) is 22.3 Å². The summed E-state index contributed by atoms with van der Waals surface area (Å²) in [5.41, 5.74) is 10.2. The Morgan fingerprint density at radius 2 is 2.00 bits per heavy atom. The number of anilines is 1. The van der Waals surface area contributed by atoms with Gasteiger partial charge in [-0.15, -0.1) is 0 Å². The average Bonchev–Trinajstić information content (AvgIpc) is 3.09. The molecule has 2 aromatic heterocycles. The van der Waals surface area contributed by atoms with Gasteiger partial charge in [-0.05, 0) is 29.9 Å². The fraction of sp³-hybridized carbons (Fsp3) is 0.188. The summed E-state index contributed by atoms with van der Waals surface area (Å²) in [7, 11) is 0. The van der Waals surface area contributed by atoms with Crippen molar-refractivity contribution in [3.8, 4) is 11.3 Å². The lowest BCUT2D eigenvalue weighted by Crippen LogP contribution is -2.00. The lowest BCUT2D eigenvalue weighted by atomic mass is 10.1. The summed E-state index contributed by atoms with van der Waals surface area (Å²) in [5, 5.41) is 8.70. The topological polar surface area (TPSA) is 43.8 Å². The maximum absolute atomic E-state index is 6.04. The standard InChI is InChI=1S/C16H17N3S/c17-15-11-19(18-16(15)14-8-10-20-12-14)9-4-7-13-5-2-1-3-6-13/h1-3,5-6,8,10-12H,4,7,9,17H2. The summed E-state index contributed by atoms with van der Waals surface area (Å²) in [6.45, 7) is 0.892. The summed E-state index contributed by atoms with van der Waals surface area (Å²) in [4.78, 5) is 0. The summed E-state index contributed by atoms with van der Waals surface area (Å²) >= 11 is 1.66. The minimum atomic E-state index is 0.753. The third-order valence-electron chi connectivity index (χ3n) is 3.28. The molecule has 3 aromatic rings. The second kappa shape index (κ2) is 5.92. The van der Waals surface area contributed by atoms with Gasteiger partial charge in [-0.2, -0.15) is 16.4 Å². The van der Waals surface area contributed by atoms with E-state index in [1.165, 1.54) is 5.56 Å². The molecule has 0 saturated carbocycles. The monoisotopic (exact) mass is 283 g/mol. The van der Waals surface area contributed by atoms with Gasteiger partial charge in [0.25, 0.3) is 0 Å². The van der Waals surface area contributed by atoms with Crippen molar-refractivity contribution in [3.05, 3.63) is 58.9 Å². The van der Waals surface area contributed by atoms with Crippen LogP contribution in [-0.2, 0) is 13.0 Å². The fourth-order valence-corrected chi connectivity index (χ4v) is 2.91. The van der Waals surface area contributed by atoms with Crippen molar-refractivity contribution in [2.75, 3.05) is 5.73 Å².